The van der Waals surface area contributed by atoms with E-state index in [-0.39, 0.29) is 23.8 Å². The quantitative estimate of drug-likeness (QED) is 0.347. The van der Waals surface area contributed by atoms with Gasteiger partial charge in [0.1, 0.15) is 17.7 Å². The van der Waals surface area contributed by atoms with Crippen molar-refractivity contribution >= 4 is 23.4 Å². The Balaban J connectivity index is 0.00000121. The molecule has 3 heterocycles. The first-order valence-electron chi connectivity index (χ1n) is 13.6. The molecule has 8 heteroatoms. The van der Waals surface area contributed by atoms with Crippen LogP contribution in [0.15, 0.2) is 59.5 Å². The van der Waals surface area contributed by atoms with Crippen molar-refractivity contribution in [2.24, 2.45) is 5.92 Å². The zero-order chi connectivity index (χ0) is 28.2. The summed E-state index contributed by atoms with van der Waals surface area (Å²) in [6, 6.07) is 10.8. The molecule has 38 heavy (non-hydrogen) atoms. The molecule has 1 aliphatic rings. The summed E-state index contributed by atoms with van der Waals surface area (Å²) in [5.41, 5.74) is 2.86. The van der Waals surface area contributed by atoms with Crippen molar-refractivity contribution in [3.05, 3.63) is 71.3 Å². The van der Waals surface area contributed by atoms with E-state index in [0.717, 1.165) is 23.1 Å². The fourth-order valence-corrected chi connectivity index (χ4v) is 4.79. The molecule has 0 radical (unpaired) electrons. The minimum Gasteiger partial charge on any atom is -0.361 e. The Kier molecular flexibility index (Phi) is 12.5. The minimum absolute atomic E-state index is 0.0242. The molecule has 2 amide bonds. The van der Waals surface area contributed by atoms with Crippen LogP contribution in [0.3, 0.4) is 0 Å². The smallest absolute Gasteiger partial charge is 0.243 e. The van der Waals surface area contributed by atoms with E-state index in [0.29, 0.717) is 23.7 Å². The average molecular weight is 541 g/mol. The number of carbonyl (C=O) groups is 2. The molecule has 1 saturated heterocycles. The lowest BCUT2D eigenvalue weighted by Crippen LogP contribution is -2.48. The van der Waals surface area contributed by atoms with Crippen molar-refractivity contribution in [2.45, 2.75) is 79.3 Å². The van der Waals surface area contributed by atoms with Crippen LogP contribution in [-0.4, -0.2) is 39.4 Å². The van der Waals surface area contributed by atoms with Crippen molar-refractivity contribution in [3.8, 4) is 11.1 Å². The first-order valence-corrected chi connectivity index (χ1v) is 14.0. The van der Waals surface area contributed by atoms with Crippen LogP contribution in [0.1, 0.15) is 84.6 Å². The molecule has 3 atom stereocenters. The fourth-order valence-electron chi connectivity index (χ4n) is 4.56. The molecule has 0 aliphatic carbocycles. The van der Waals surface area contributed by atoms with Gasteiger partial charge in [-0.1, -0.05) is 82.6 Å². The van der Waals surface area contributed by atoms with E-state index in [1.165, 1.54) is 0 Å². The van der Waals surface area contributed by atoms with Crippen molar-refractivity contribution < 1.29 is 14.1 Å². The van der Waals surface area contributed by atoms with Gasteiger partial charge in [-0.05, 0) is 42.9 Å². The number of rotatable bonds is 7. The van der Waals surface area contributed by atoms with Gasteiger partial charge in [0, 0.05) is 30.6 Å². The Labute approximate surface area is 232 Å². The van der Waals surface area contributed by atoms with E-state index < -0.39 is 12.0 Å². The number of benzene rings is 1. The third-order valence-corrected chi connectivity index (χ3v) is 6.69. The predicted octanol–water partition coefficient (Wildman–Crippen LogP) is 7.05. The maximum Gasteiger partial charge on any atom is 0.243 e. The van der Waals surface area contributed by atoms with Gasteiger partial charge >= 0.3 is 0 Å². The molecular formula is C30H41ClN4O3. The van der Waals surface area contributed by atoms with E-state index in [4.69, 9.17) is 16.1 Å². The lowest BCUT2D eigenvalue weighted by atomic mass is 9.91. The van der Waals surface area contributed by atoms with Crippen molar-refractivity contribution in [1.29, 1.82) is 0 Å². The number of hydrogen-bond donors (Lipinski definition) is 1. The van der Waals surface area contributed by atoms with Crippen molar-refractivity contribution in [3.63, 3.8) is 0 Å². The normalized spacial score (nSPS) is 16.0. The van der Waals surface area contributed by atoms with Crippen LogP contribution in [0, 0.1) is 5.92 Å². The second-order valence-electron chi connectivity index (χ2n) is 9.03. The van der Waals surface area contributed by atoms with Crippen molar-refractivity contribution in [1.82, 2.24) is 20.4 Å². The highest BCUT2D eigenvalue weighted by molar-refractivity contribution is 6.33. The zero-order valence-corrected chi connectivity index (χ0v) is 24.3. The SMILES string of the molecule is CC.CC.CC(NC(=O)C1CCCN1C(=O)C(c1ccno1)C(C)C)c1ccc(-c2ccncc2Cl)cc1. The lowest BCUT2D eigenvalue weighted by Gasteiger charge is -2.29. The number of likely N-dealkylation sites (tertiary alicyclic amines) is 1. The zero-order valence-electron chi connectivity index (χ0n) is 23.6. The molecule has 3 unspecified atom stereocenters. The van der Waals surface area contributed by atoms with Gasteiger partial charge in [-0.3, -0.25) is 14.6 Å². The summed E-state index contributed by atoms with van der Waals surface area (Å²) in [4.78, 5) is 32.3. The second-order valence-corrected chi connectivity index (χ2v) is 9.44. The standard InChI is InChI=1S/C26H29ClN4O3.2C2H6/c1-16(2)24(23-11-13-29-34-23)26(33)31-14-4-5-22(31)25(32)30-17(3)18-6-8-19(9-7-18)20-10-12-28-15-21(20)27;2*1-2/h6-13,15-17,22,24H,4-5,14H2,1-3H3,(H,30,32);2*1-2H3. The van der Waals surface area contributed by atoms with Crippen molar-refractivity contribution in [2.75, 3.05) is 6.54 Å². The molecule has 0 spiro atoms. The Bertz CT molecular complexity index is 1130. The van der Waals surface area contributed by atoms with Crippen LogP contribution in [0.5, 0.6) is 0 Å². The molecule has 1 aromatic carbocycles. The summed E-state index contributed by atoms with van der Waals surface area (Å²) < 4.78 is 5.29. The predicted molar refractivity (Wildman–Crippen MR) is 153 cm³/mol. The summed E-state index contributed by atoms with van der Waals surface area (Å²) in [5, 5.41) is 7.44. The third-order valence-electron chi connectivity index (χ3n) is 6.39. The van der Waals surface area contributed by atoms with Gasteiger partial charge in [0.2, 0.25) is 11.8 Å². The molecule has 1 N–H and O–H groups in total. The van der Waals surface area contributed by atoms with Gasteiger partial charge in [-0.2, -0.15) is 0 Å². The van der Waals surface area contributed by atoms with Gasteiger partial charge in [-0.25, -0.2) is 0 Å². The summed E-state index contributed by atoms with van der Waals surface area (Å²) >= 11 is 6.26. The molecular weight excluding hydrogens is 500 g/mol. The van der Waals surface area contributed by atoms with Gasteiger partial charge < -0.3 is 14.7 Å². The molecule has 3 aromatic rings. The highest BCUT2D eigenvalue weighted by Gasteiger charge is 2.40. The number of pyridine rings is 1. The summed E-state index contributed by atoms with van der Waals surface area (Å²) in [7, 11) is 0. The Hall–Kier alpha value is -3.19. The maximum absolute atomic E-state index is 13.4. The first kappa shape index (κ1) is 31.0. The molecule has 0 saturated carbocycles. The van der Waals surface area contributed by atoms with E-state index in [2.05, 4.69) is 15.5 Å². The summed E-state index contributed by atoms with van der Waals surface area (Å²) in [5.74, 6) is -0.124. The maximum atomic E-state index is 13.4. The van der Waals surface area contributed by atoms with Crippen LogP contribution in [0.25, 0.3) is 11.1 Å². The number of carbonyl (C=O) groups excluding carboxylic acids is 2. The highest BCUT2D eigenvalue weighted by Crippen LogP contribution is 2.31. The first-order chi connectivity index (χ1) is 18.4. The van der Waals surface area contributed by atoms with Gasteiger partial charge in [0.05, 0.1) is 17.3 Å². The number of amides is 2. The number of hydrogen-bond acceptors (Lipinski definition) is 5. The highest BCUT2D eigenvalue weighted by atomic mass is 35.5. The number of halogens is 1. The fraction of sp³-hybridized carbons (Fsp3) is 0.467. The minimum atomic E-state index is -0.492. The van der Waals surface area contributed by atoms with E-state index >= 15 is 0 Å². The second kappa shape index (κ2) is 15.3. The average Bonchev–Trinajstić information content (AvgIpc) is 3.64. The molecule has 1 fully saturated rings. The molecule has 4 rings (SSSR count). The van der Waals surface area contributed by atoms with E-state index in [1.807, 2.05) is 78.8 Å². The monoisotopic (exact) mass is 540 g/mol. The Morgan fingerprint density at radius 2 is 1.71 bits per heavy atom. The van der Waals surface area contributed by atoms with Gasteiger partial charge in [0.15, 0.2) is 0 Å². The molecule has 206 valence electrons. The molecule has 0 bridgehead atoms. The topological polar surface area (TPSA) is 88.3 Å². The van der Waals surface area contributed by atoms with E-state index in [1.54, 1.807) is 29.6 Å². The number of nitrogens with zero attached hydrogens (tertiary/aromatic N) is 3. The molecule has 7 nitrogen and oxygen atoms in total. The Morgan fingerprint density at radius 1 is 1.03 bits per heavy atom. The number of aromatic nitrogens is 2. The largest absolute Gasteiger partial charge is 0.361 e. The summed E-state index contributed by atoms with van der Waals surface area (Å²) in [6.45, 7) is 14.4. The van der Waals surface area contributed by atoms with Crippen LogP contribution >= 0.6 is 11.6 Å². The summed E-state index contributed by atoms with van der Waals surface area (Å²) in [6.07, 6.45) is 6.31. The number of nitrogens with one attached hydrogen (secondary N) is 1. The van der Waals surface area contributed by atoms with Crippen LogP contribution in [-0.2, 0) is 9.59 Å². The lowest BCUT2D eigenvalue weighted by molar-refractivity contribution is -0.141. The molecule has 2 aromatic heterocycles. The Morgan fingerprint density at radius 3 is 2.29 bits per heavy atom. The third kappa shape index (κ3) is 7.44. The van der Waals surface area contributed by atoms with E-state index in [9.17, 15) is 9.59 Å². The van der Waals surface area contributed by atoms with Crippen LogP contribution in [0.2, 0.25) is 5.02 Å². The van der Waals surface area contributed by atoms with Crippen LogP contribution in [0.4, 0.5) is 0 Å². The van der Waals surface area contributed by atoms with Gasteiger partial charge in [-0.15, -0.1) is 0 Å². The molecule has 1 aliphatic heterocycles. The van der Waals surface area contributed by atoms with Crippen LogP contribution < -0.4 is 5.32 Å². The van der Waals surface area contributed by atoms with Gasteiger partial charge in [0.25, 0.3) is 0 Å².